The smallest absolute Gasteiger partial charge is 0.381 e. The lowest BCUT2D eigenvalue weighted by Gasteiger charge is -2.35. The third-order valence-electron chi connectivity index (χ3n) is 11.4. The highest BCUT2D eigenvalue weighted by Gasteiger charge is 2.59. The number of halogens is 12. The summed E-state index contributed by atoms with van der Waals surface area (Å²) >= 11 is 0. The zero-order valence-electron chi connectivity index (χ0n) is 38.8. The van der Waals surface area contributed by atoms with Gasteiger partial charge in [0.1, 0.15) is 19.6 Å². The van der Waals surface area contributed by atoms with Gasteiger partial charge in [-0.05, 0) is 33.4 Å². The highest BCUT2D eigenvalue weighted by molar-refractivity contribution is 6.24. The summed E-state index contributed by atoms with van der Waals surface area (Å²) in [5.41, 5.74) is 0. The van der Waals surface area contributed by atoms with Crippen LogP contribution in [0.25, 0.3) is 0 Å². The number of unbranched alkanes of at least 4 members (excludes halogenated alkanes) is 21. The van der Waals surface area contributed by atoms with Gasteiger partial charge in [0.15, 0.2) is 0 Å². The van der Waals surface area contributed by atoms with Gasteiger partial charge in [0.25, 0.3) is 17.9 Å². The van der Waals surface area contributed by atoms with E-state index < -0.39 is 76.4 Å². The Labute approximate surface area is 374 Å². The summed E-state index contributed by atoms with van der Waals surface area (Å²) in [5.74, 6) is -9.28. The maximum atomic E-state index is 14.1. The Balaban J connectivity index is 0.000000891. The summed E-state index contributed by atoms with van der Waals surface area (Å²) in [5, 5.41) is 25.2. The van der Waals surface area contributed by atoms with Crippen molar-refractivity contribution >= 4 is 7.32 Å². The predicted octanol–water partition coefficient (Wildman–Crippen LogP) is 11.3. The highest BCUT2D eigenvalue weighted by atomic mass is 19.2. The van der Waals surface area contributed by atoms with Gasteiger partial charge in [-0.1, -0.05) is 136 Å². The Kier molecular flexibility index (Phi) is 31.1. The van der Waals surface area contributed by atoms with Crippen LogP contribution in [0.5, 0.6) is 0 Å². The molecule has 0 spiro atoms. The normalized spacial score (nSPS) is 25.5. The Morgan fingerprint density at radius 2 is 0.531 bits per heavy atom. The van der Waals surface area contributed by atoms with Gasteiger partial charge in [0.2, 0.25) is 0 Å². The van der Waals surface area contributed by atoms with E-state index in [0.29, 0.717) is 53.2 Å². The van der Waals surface area contributed by atoms with Crippen molar-refractivity contribution in [3.63, 3.8) is 0 Å². The number of quaternary nitrogens is 3. The lowest BCUT2D eigenvalue weighted by molar-refractivity contribution is -1.06. The summed E-state index contributed by atoms with van der Waals surface area (Å²) in [6.45, 7) is 5.35. The molecule has 0 N–H and O–H groups in total. The molecule has 0 aromatic rings. The van der Waals surface area contributed by atoms with E-state index in [9.17, 15) is 53.0 Å². The first-order chi connectivity index (χ1) is 30.1. The van der Waals surface area contributed by atoms with Gasteiger partial charge >= 0.3 is 37.1 Å². The van der Waals surface area contributed by atoms with Crippen molar-refractivity contribution in [3.05, 3.63) is 35.7 Å². The molecule has 64 heavy (non-hydrogen) atoms. The molecule has 0 radical (unpaired) electrons. The van der Waals surface area contributed by atoms with Crippen LogP contribution in [0.4, 0.5) is 53.0 Å². The zero-order chi connectivity index (χ0) is 49.1. The van der Waals surface area contributed by atoms with Crippen LogP contribution < -0.4 is 15.1 Å². The molecule has 6 atom stereocenters. The van der Waals surface area contributed by atoms with Crippen molar-refractivity contribution in [2.24, 2.45) is 0 Å². The van der Waals surface area contributed by atoms with Crippen LogP contribution in [0.15, 0.2) is 35.7 Å². The first kappa shape index (κ1) is 61.6. The van der Waals surface area contributed by atoms with Crippen molar-refractivity contribution in [1.82, 2.24) is 14.7 Å². The largest absolute Gasteiger partial charge is 0.907 e. The molecule has 0 saturated heterocycles. The molecule has 0 bridgehead atoms. The van der Waals surface area contributed by atoms with Crippen LogP contribution in [-0.2, 0) is 0 Å². The first-order valence-electron chi connectivity index (χ1n) is 23.1. The standard InChI is InChI=1S/3C14H25F4N2.BO3/c3*1-3-4-5-6-7-8-9-10-11-20(18)13(16)12(15)19(2)14(20)17;2-1(3)4/h3*14H,3-11H2,1-2H3;/q3*+1;-3. The number of hydrogen-bond donors (Lipinski definition) is 0. The number of hydrogen-bond acceptors (Lipinski definition) is 6. The quantitative estimate of drug-likeness (QED) is 0.0268. The molecule has 3 aliphatic rings. The van der Waals surface area contributed by atoms with E-state index in [-0.39, 0.29) is 19.6 Å². The van der Waals surface area contributed by atoms with E-state index >= 15 is 0 Å². The fourth-order valence-corrected chi connectivity index (χ4v) is 7.32. The van der Waals surface area contributed by atoms with E-state index in [1.54, 1.807) is 0 Å². The van der Waals surface area contributed by atoms with Gasteiger partial charge in [-0.2, -0.15) is 26.3 Å². The molecular formula is C42H75BF12N6O3. The summed E-state index contributed by atoms with van der Waals surface area (Å²) in [6.07, 6.45) is 16.3. The Morgan fingerprint density at radius 3 is 0.672 bits per heavy atom. The third-order valence-corrected chi connectivity index (χ3v) is 11.4. The Bertz CT molecular complexity index is 1230. The molecule has 0 fully saturated rings. The van der Waals surface area contributed by atoms with Gasteiger partial charge in [0.05, 0.1) is 0 Å². The molecule has 0 saturated carbocycles. The maximum Gasteiger partial charge on any atom is 0.381 e. The van der Waals surface area contributed by atoms with Gasteiger partial charge < -0.3 is 15.1 Å². The molecule has 378 valence electrons. The van der Waals surface area contributed by atoms with Crippen LogP contribution in [-0.4, -0.2) is 96.2 Å². The van der Waals surface area contributed by atoms with E-state index in [1.165, 1.54) is 57.8 Å². The summed E-state index contributed by atoms with van der Waals surface area (Å²) in [6, 6.07) is 0. The first-order valence-corrected chi connectivity index (χ1v) is 23.1. The molecule has 22 heteroatoms. The van der Waals surface area contributed by atoms with Crippen LogP contribution in [0.3, 0.4) is 0 Å². The highest BCUT2D eigenvalue weighted by Crippen LogP contribution is 2.42. The second-order valence-corrected chi connectivity index (χ2v) is 16.7. The molecule has 9 nitrogen and oxygen atoms in total. The molecule has 0 aromatic heterocycles. The van der Waals surface area contributed by atoms with E-state index in [4.69, 9.17) is 15.1 Å². The second-order valence-electron chi connectivity index (χ2n) is 16.7. The minimum absolute atomic E-state index is 0.346. The van der Waals surface area contributed by atoms with Gasteiger partial charge in [-0.3, -0.25) is 22.0 Å². The van der Waals surface area contributed by atoms with Crippen LogP contribution in [0.1, 0.15) is 175 Å². The number of alkyl halides is 3. The predicted molar refractivity (Wildman–Crippen MR) is 218 cm³/mol. The van der Waals surface area contributed by atoms with Gasteiger partial charge in [-0.25, -0.2) is 0 Å². The monoisotopic (exact) mass is 951 g/mol. The maximum absolute atomic E-state index is 14.1. The average molecular weight is 951 g/mol. The van der Waals surface area contributed by atoms with E-state index in [1.807, 2.05) is 0 Å². The molecular weight excluding hydrogens is 875 g/mol. The lowest BCUT2D eigenvalue weighted by atomic mass is 10.1. The molecule has 3 aliphatic heterocycles. The lowest BCUT2D eigenvalue weighted by Crippen LogP contribution is -2.56. The second kappa shape index (κ2) is 32.3. The van der Waals surface area contributed by atoms with E-state index in [2.05, 4.69) is 20.8 Å². The molecule has 0 aliphatic carbocycles. The van der Waals surface area contributed by atoms with E-state index in [0.717, 1.165) is 78.9 Å². The van der Waals surface area contributed by atoms with Crippen LogP contribution in [0, 0.1) is 0 Å². The zero-order valence-corrected chi connectivity index (χ0v) is 38.8. The Morgan fingerprint density at radius 1 is 0.375 bits per heavy atom. The average Bonchev–Trinajstić information content (AvgIpc) is 3.58. The fraction of sp³-hybridized carbons (Fsp3) is 0.857. The minimum Gasteiger partial charge on any atom is -0.907 e. The molecule has 3 heterocycles. The summed E-state index contributed by atoms with van der Waals surface area (Å²) in [4.78, 5) is 1.08. The minimum atomic E-state index is -2.92. The van der Waals surface area contributed by atoms with Gasteiger partial charge in [-0.15, -0.1) is 13.2 Å². The van der Waals surface area contributed by atoms with Crippen molar-refractivity contribution in [1.29, 1.82) is 0 Å². The summed E-state index contributed by atoms with van der Waals surface area (Å²) < 4.78 is 156. The molecule has 0 aromatic carbocycles. The third kappa shape index (κ3) is 19.4. The molecule has 6 unspecified atom stereocenters. The van der Waals surface area contributed by atoms with Crippen molar-refractivity contribution in [3.8, 4) is 0 Å². The number of rotatable bonds is 27. The molecule has 0 amide bonds. The molecule has 3 rings (SSSR count). The fourth-order valence-electron chi connectivity index (χ4n) is 7.32. The van der Waals surface area contributed by atoms with Crippen molar-refractivity contribution < 1.29 is 82.1 Å². The topological polar surface area (TPSA) is 78.9 Å². The van der Waals surface area contributed by atoms with Crippen molar-refractivity contribution in [2.75, 3.05) is 40.8 Å². The van der Waals surface area contributed by atoms with Gasteiger partial charge in [0, 0.05) is 53.8 Å². The van der Waals surface area contributed by atoms with Crippen molar-refractivity contribution in [2.45, 2.75) is 194 Å². The number of nitrogens with zero attached hydrogens (tertiary/aromatic N) is 6. The van der Waals surface area contributed by atoms with Crippen LogP contribution >= 0.6 is 0 Å². The van der Waals surface area contributed by atoms with Crippen LogP contribution in [0.2, 0.25) is 0 Å². The SMILES string of the molecule is CCCCCCCCCC[N+]1(F)C(F)=C(F)N(C)C1F.CCCCCCCCCC[N+]1(F)C(F)=C(F)N(C)C1F.CCCCCCCCCC[N+]1(F)C(F)=C(F)N(C)C1F.[O-]B([O-])[O-]. The summed E-state index contributed by atoms with van der Waals surface area (Å²) in [7, 11) is 0.104. The Hall–Kier alpha value is -2.40.